The molecule has 0 bridgehead atoms. The normalized spacial score (nSPS) is 11.1. The second-order valence-corrected chi connectivity index (χ2v) is 7.45. The second-order valence-electron chi connectivity index (χ2n) is 7.02. The van der Waals surface area contributed by atoms with Crippen molar-refractivity contribution in [3.05, 3.63) is 87.0 Å². The first-order valence-electron chi connectivity index (χ1n) is 9.84. The van der Waals surface area contributed by atoms with Crippen molar-refractivity contribution in [1.82, 2.24) is 0 Å². The van der Waals surface area contributed by atoms with Gasteiger partial charge in [-0.2, -0.15) is 0 Å². The lowest BCUT2D eigenvalue weighted by Crippen LogP contribution is -2.02. The van der Waals surface area contributed by atoms with Gasteiger partial charge in [0.15, 0.2) is 5.43 Å². The molecule has 1 aromatic heterocycles. The minimum absolute atomic E-state index is 0.188. The van der Waals surface area contributed by atoms with Crippen molar-refractivity contribution < 1.29 is 18.6 Å². The van der Waals surface area contributed by atoms with Crippen molar-refractivity contribution in [3.8, 4) is 28.6 Å². The standard InChI is InChI=1S/C26H21ClO5/c1-29-19-9-5-16(6-10-19)4-7-17-12-20(30-2)14-24(31-3)26(17)25-15-22(28)21-13-18(27)8-11-23(21)32-25/h4-15H,1-3H3. The molecule has 0 saturated carbocycles. The topological polar surface area (TPSA) is 57.9 Å². The van der Waals surface area contributed by atoms with Crippen molar-refractivity contribution in [2.45, 2.75) is 0 Å². The Bertz CT molecular complexity index is 1350. The van der Waals surface area contributed by atoms with Crippen LogP contribution in [0.3, 0.4) is 0 Å². The quantitative estimate of drug-likeness (QED) is 0.323. The Morgan fingerprint density at radius 3 is 2.25 bits per heavy atom. The first-order valence-corrected chi connectivity index (χ1v) is 10.2. The fourth-order valence-electron chi connectivity index (χ4n) is 3.44. The van der Waals surface area contributed by atoms with E-state index in [4.69, 9.17) is 30.2 Å². The van der Waals surface area contributed by atoms with Crippen molar-refractivity contribution in [3.63, 3.8) is 0 Å². The zero-order valence-electron chi connectivity index (χ0n) is 17.8. The van der Waals surface area contributed by atoms with Crippen LogP contribution in [0.2, 0.25) is 5.02 Å². The van der Waals surface area contributed by atoms with Gasteiger partial charge in [-0.25, -0.2) is 0 Å². The van der Waals surface area contributed by atoms with Crippen LogP contribution >= 0.6 is 11.6 Å². The molecule has 0 N–H and O–H groups in total. The highest BCUT2D eigenvalue weighted by atomic mass is 35.5. The fraction of sp³-hybridized carbons (Fsp3) is 0.115. The van der Waals surface area contributed by atoms with E-state index in [1.807, 2.05) is 42.5 Å². The molecule has 0 amide bonds. The van der Waals surface area contributed by atoms with E-state index in [9.17, 15) is 4.79 Å². The molecule has 4 rings (SSSR count). The Hall–Kier alpha value is -3.70. The number of rotatable bonds is 6. The van der Waals surface area contributed by atoms with Crippen molar-refractivity contribution >= 4 is 34.7 Å². The summed E-state index contributed by atoms with van der Waals surface area (Å²) in [5, 5.41) is 0.895. The molecule has 162 valence electrons. The van der Waals surface area contributed by atoms with Crippen molar-refractivity contribution in [2.24, 2.45) is 0 Å². The first-order chi connectivity index (χ1) is 15.5. The molecule has 0 aliphatic rings. The van der Waals surface area contributed by atoms with Gasteiger partial charge in [0.2, 0.25) is 0 Å². The van der Waals surface area contributed by atoms with Crippen molar-refractivity contribution in [2.75, 3.05) is 21.3 Å². The molecule has 3 aromatic carbocycles. The molecule has 0 aliphatic heterocycles. The van der Waals surface area contributed by atoms with Gasteiger partial charge in [0, 0.05) is 17.2 Å². The molecule has 0 radical (unpaired) electrons. The number of ether oxygens (including phenoxy) is 3. The number of hydrogen-bond acceptors (Lipinski definition) is 5. The highest BCUT2D eigenvalue weighted by Crippen LogP contribution is 2.38. The van der Waals surface area contributed by atoms with Crippen LogP contribution in [-0.2, 0) is 0 Å². The third kappa shape index (κ3) is 4.34. The predicted octanol–water partition coefficient (Wildman–Crippen LogP) is 6.31. The molecular weight excluding hydrogens is 428 g/mol. The highest BCUT2D eigenvalue weighted by molar-refractivity contribution is 6.31. The predicted molar refractivity (Wildman–Crippen MR) is 128 cm³/mol. The Kier molecular flexibility index (Phi) is 6.19. The van der Waals surface area contributed by atoms with Crippen LogP contribution in [0, 0.1) is 0 Å². The summed E-state index contributed by atoms with van der Waals surface area (Å²) in [6.07, 6.45) is 3.88. The minimum atomic E-state index is -0.188. The molecule has 0 aliphatic carbocycles. The molecule has 32 heavy (non-hydrogen) atoms. The van der Waals surface area contributed by atoms with Crippen LogP contribution in [0.5, 0.6) is 17.2 Å². The summed E-state index contributed by atoms with van der Waals surface area (Å²) in [7, 11) is 4.78. The average molecular weight is 449 g/mol. The molecule has 4 aromatic rings. The summed E-state index contributed by atoms with van der Waals surface area (Å²) in [5.74, 6) is 2.31. The van der Waals surface area contributed by atoms with E-state index in [0.717, 1.165) is 16.9 Å². The summed E-state index contributed by atoms with van der Waals surface area (Å²) in [5.41, 5.74) is 2.65. The van der Waals surface area contributed by atoms with Gasteiger partial charge in [-0.3, -0.25) is 4.79 Å². The van der Waals surface area contributed by atoms with E-state index in [0.29, 0.717) is 38.8 Å². The smallest absolute Gasteiger partial charge is 0.193 e. The van der Waals surface area contributed by atoms with Gasteiger partial charge in [-0.1, -0.05) is 35.9 Å². The van der Waals surface area contributed by atoms with Crippen molar-refractivity contribution in [1.29, 1.82) is 0 Å². The van der Waals surface area contributed by atoms with Gasteiger partial charge >= 0.3 is 0 Å². The third-order valence-corrected chi connectivity index (χ3v) is 5.30. The highest BCUT2D eigenvalue weighted by Gasteiger charge is 2.17. The fourth-order valence-corrected chi connectivity index (χ4v) is 3.61. The lowest BCUT2D eigenvalue weighted by atomic mass is 10.0. The largest absolute Gasteiger partial charge is 0.497 e. The van der Waals surface area contributed by atoms with E-state index in [1.165, 1.54) is 6.07 Å². The van der Waals surface area contributed by atoms with Crippen LogP contribution in [0.25, 0.3) is 34.4 Å². The number of fused-ring (bicyclic) bond motifs is 1. The first kappa shape index (κ1) is 21.5. The summed E-state index contributed by atoms with van der Waals surface area (Å²) >= 11 is 6.04. The van der Waals surface area contributed by atoms with Crippen LogP contribution in [0.4, 0.5) is 0 Å². The molecule has 0 fully saturated rings. The van der Waals surface area contributed by atoms with Gasteiger partial charge in [0.1, 0.15) is 28.6 Å². The van der Waals surface area contributed by atoms with Gasteiger partial charge in [0.25, 0.3) is 0 Å². The van der Waals surface area contributed by atoms with Crippen LogP contribution < -0.4 is 19.6 Å². The number of hydrogen-bond donors (Lipinski definition) is 0. The number of benzene rings is 3. The summed E-state index contributed by atoms with van der Waals surface area (Å²) in [6.45, 7) is 0. The van der Waals surface area contributed by atoms with E-state index in [1.54, 1.807) is 45.6 Å². The van der Waals surface area contributed by atoms with Gasteiger partial charge in [0.05, 0.1) is 32.3 Å². The Morgan fingerprint density at radius 1 is 0.812 bits per heavy atom. The summed E-state index contributed by atoms with van der Waals surface area (Å²) < 4.78 is 22.4. The molecule has 6 heteroatoms. The van der Waals surface area contributed by atoms with E-state index in [2.05, 4.69) is 0 Å². The summed E-state index contributed by atoms with van der Waals surface area (Å²) in [4.78, 5) is 12.8. The molecule has 5 nitrogen and oxygen atoms in total. The Balaban J connectivity index is 1.89. The lowest BCUT2D eigenvalue weighted by molar-refractivity contribution is 0.394. The van der Waals surface area contributed by atoms with Gasteiger partial charge in [-0.05, 0) is 47.5 Å². The average Bonchev–Trinajstić information content (AvgIpc) is 2.82. The Labute approximate surface area is 190 Å². The number of methoxy groups -OCH3 is 3. The van der Waals surface area contributed by atoms with E-state index >= 15 is 0 Å². The monoisotopic (exact) mass is 448 g/mol. The lowest BCUT2D eigenvalue weighted by Gasteiger charge is -2.14. The molecule has 0 saturated heterocycles. The van der Waals surface area contributed by atoms with E-state index in [-0.39, 0.29) is 5.43 Å². The van der Waals surface area contributed by atoms with Gasteiger partial charge in [-0.15, -0.1) is 0 Å². The summed E-state index contributed by atoms with van der Waals surface area (Å²) in [6, 6.07) is 17.7. The SMILES string of the molecule is COc1ccc(C=Cc2cc(OC)cc(OC)c2-c2cc(=O)c3cc(Cl)ccc3o2)cc1. The van der Waals surface area contributed by atoms with Gasteiger partial charge < -0.3 is 18.6 Å². The zero-order valence-corrected chi connectivity index (χ0v) is 18.6. The third-order valence-electron chi connectivity index (χ3n) is 5.07. The molecule has 1 heterocycles. The minimum Gasteiger partial charge on any atom is -0.497 e. The zero-order chi connectivity index (χ0) is 22.7. The maximum atomic E-state index is 12.8. The van der Waals surface area contributed by atoms with Crippen LogP contribution in [0.15, 0.2) is 69.9 Å². The molecular formula is C26H21ClO5. The Morgan fingerprint density at radius 2 is 1.56 bits per heavy atom. The number of halogens is 1. The maximum absolute atomic E-state index is 12.8. The van der Waals surface area contributed by atoms with Crippen LogP contribution in [0.1, 0.15) is 11.1 Å². The van der Waals surface area contributed by atoms with Crippen LogP contribution in [-0.4, -0.2) is 21.3 Å². The molecule has 0 atom stereocenters. The molecule has 0 unspecified atom stereocenters. The maximum Gasteiger partial charge on any atom is 0.193 e. The van der Waals surface area contributed by atoms with E-state index < -0.39 is 0 Å². The molecule has 0 spiro atoms. The second kappa shape index (κ2) is 9.20.